The first-order valence-electron chi connectivity index (χ1n) is 8.99. The number of carbonyl (C=O) groups is 1. The summed E-state index contributed by atoms with van der Waals surface area (Å²) in [6.07, 6.45) is 4.74. The molecule has 1 aliphatic rings. The first-order valence-corrected chi connectivity index (χ1v) is 8.99. The van der Waals surface area contributed by atoms with Gasteiger partial charge in [-0.15, -0.1) is 0 Å². The zero-order valence-corrected chi connectivity index (χ0v) is 15.5. The number of nitrogens with zero attached hydrogens (tertiary/aromatic N) is 2. The summed E-state index contributed by atoms with van der Waals surface area (Å²) in [5.41, 5.74) is 4.95. The molecule has 25 heavy (non-hydrogen) atoms. The molecule has 0 bridgehead atoms. The average Bonchev–Trinajstić information content (AvgIpc) is 3.14. The summed E-state index contributed by atoms with van der Waals surface area (Å²) in [5, 5.41) is 10.8. The lowest BCUT2D eigenvalue weighted by Crippen LogP contribution is -2.40. The van der Waals surface area contributed by atoms with E-state index in [1.807, 2.05) is 19.4 Å². The number of nitrogens with one attached hydrogen (secondary N) is 2. The number of aryl methyl sites for hydroxylation is 3. The van der Waals surface area contributed by atoms with Crippen molar-refractivity contribution in [2.45, 2.75) is 39.2 Å². The largest absolute Gasteiger partial charge is 0.353 e. The maximum absolute atomic E-state index is 12.8. The first-order chi connectivity index (χ1) is 11.9. The Bertz CT molecular complexity index is 732. The molecule has 1 fully saturated rings. The SMILES string of the molecule is Cc1cc(C)cc(CC(C)NC(=O)[C@H]2CNC[C@@H]2c2cnn(C)c2)c1. The molecule has 5 heteroatoms. The number of hydrogen-bond donors (Lipinski definition) is 2. The van der Waals surface area contributed by atoms with Crippen LogP contribution in [0.3, 0.4) is 0 Å². The molecular weight excluding hydrogens is 312 g/mol. The third kappa shape index (κ3) is 4.28. The lowest BCUT2D eigenvalue weighted by molar-refractivity contribution is -0.125. The molecule has 1 aromatic carbocycles. The van der Waals surface area contributed by atoms with E-state index in [2.05, 4.69) is 54.7 Å². The molecule has 0 aliphatic carbocycles. The summed E-state index contributed by atoms with van der Waals surface area (Å²) in [6.45, 7) is 7.86. The normalized spacial score (nSPS) is 21.3. The zero-order chi connectivity index (χ0) is 18.0. The van der Waals surface area contributed by atoms with Crippen LogP contribution in [0.1, 0.15) is 35.1 Å². The Morgan fingerprint density at radius 2 is 2.04 bits per heavy atom. The molecule has 1 saturated heterocycles. The van der Waals surface area contributed by atoms with Gasteiger partial charge in [-0.3, -0.25) is 9.48 Å². The maximum Gasteiger partial charge on any atom is 0.225 e. The molecule has 1 aliphatic heterocycles. The van der Waals surface area contributed by atoms with Gasteiger partial charge < -0.3 is 10.6 Å². The highest BCUT2D eigenvalue weighted by molar-refractivity contribution is 5.80. The highest BCUT2D eigenvalue weighted by Crippen LogP contribution is 2.28. The zero-order valence-electron chi connectivity index (χ0n) is 15.5. The van der Waals surface area contributed by atoms with Crippen molar-refractivity contribution in [3.63, 3.8) is 0 Å². The number of hydrogen-bond acceptors (Lipinski definition) is 3. The Morgan fingerprint density at radius 1 is 1.32 bits per heavy atom. The Labute approximate surface area is 149 Å². The molecule has 1 amide bonds. The second-order valence-electron chi connectivity index (χ2n) is 7.43. The minimum absolute atomic E-state index is 0.0362. The van der Waals surface area contributed by atoms with Crippen LogP contribution in [0.4, 0.5) is 0 Å². The molecule has 1 unspecified atom stereocenters. The Hall–Kier alpha value is -2.14. The molecule has 0 radical (unpaired) electrons. The summed E-state index contributed by atoms with van der Waals surface area (Å²) in [6, 6.07) is 6.69. The fraction of sp³-hybridized carbons (Fsp3) is 0.500. The van der Waals surface area contributed by atoms with E-state index in [0.717, 1.165) is 25.1 Å². The number of carbonyl (C=O) groups excluding carboxylic acids is 1. The van der Waals surface area contributed by atoms with Gasteiger partial charge in [0.15, 0.2) is 0 Å². The van der Waals surface area contributed by atoms with Crippen LogP contribution in [0.15, 0.2) is 30.6 Å². The minimum atomic E-state index is -0.0362. The average molecular weight is 340 g/mol. The van der Waals surface area contributed by atoms with Crippen molar-refractivity contribution < 1.29 is 4.79 Å². The lowest BCUT2D eigenvalue weighted by atomic mass is 9.90. The van der Waals surface area contributed by atoms with Gasteiger partial charge in [-0.2, -0.15) is 5.10 Å². The number of rotatable bonds is 5. The van der Waals surface area contributed by atoms with E-state index < -0.39 is 0 Å². The Kier molecular flexibility index (Phi) is 5.23. The van der Waals surface area contributed by atoms with Crippen LogP contribution in [0.5, 0.6) is 0 Å². The van der Waals surface area contributed by atoms with Crippen LogP contribution in [0.25, 0.3) is 0 Å². The van der Waals surface area contributed by atoms with Crippen LogP contribution in [0, 0.1) is 19.8 Å². The molecule has 3 rings (SSSR count). The van der Waals surface area contributed by atoms with Crippen LogP contribution in [-0.4, -0.2) is 34.8 Å². The van der Waals surface area contributed by atoms with Crippen LogP contribution in [0.2, 0.25) is 0 Å². The predicted octanol–water partition coefficient (Wildman–Crippen LogP) is 2.09. The summed E-state index contributed by atoms with van der Waals surface area (Å²) in [7, 11) is 1.91. The van der Waals surface area contributed by atoms with Crippen molar-refractivity contribution in [3.05, 3.63) is 52.8 Å². The van der Waals surface area contributed by atoms with E-state index in [4.69, 9.17) is 0 Å². The summed E-state index contributed by atoms with van der Waals surface area (Å²) >= 11 is 0. The van der Waals surface area contributed by atoms with E-state index in [9.17, 15) is 4.79 Å². The van der Waals surface area contributed by atoms with Gasteiger partial charge in [0.2, 0.25) is 5.91 Å². The lowest BCUT2D eigenvalue weighted by Gasteiger charge is -2.21. The third-order valence-corrected chi connectivity index (χ3v) is 4.92. The molecule has 0 spiro atoms. The predicted molar refractivity (Wildman–Crippen MR) is 99.5 cm³/mol. The number of amides is 1. The van der Waals surface area contributed by atoms with Crippen LogP contribution < -0.4 is 10.6 Å². The highest BCUT2D eigenvalue weighted by Gasteiger charge is 2.35. The molecule has 2 N–H and O–H groups in total. The minimum Gasteiger partial charge on any atom is -0.353 e. The van der Waals surface area contributed by atoms with Gasteiger partial charge >= 0.3 is 0 Å². The van der Waals surface area contributed by atoms with Gasteiger partial charge in [0.25, 0.3) is 0 Å². The number of benzene rings is 1. The van der Waals surface area contributed by atoms with Crippen LogP contribution >= 0.6 is 0 Å². The molecular formula is C20H28N4O. The van der Waals surface area contributed by atoms with Crippen molar-refractivity contribution in [2.75, 3.05) is 13.1 Å². The summed E-state index contributed by atoms with van der Waals surface area (Å²) in [4.78, 5) is 12.8. The van der Waals surface area contributed by atoms with E-state index >= 15 is 0 Å². The topological polar surface area (TPSA) is 59.0 Å². The Morgan fingerprint density at radius 3 is 2.68 bits per heavy atom. The van der Waals surface area contributed by atoms with Crippen molar-refractivity contribution in [3.8, 4) is 0 Å². The van der Waals surface area contributed by atoms with E-state index in [1.54, 1.807) is 4.68 Å². The molecule has 134 valence electrons. The second kappa shape index (κ2) is 7.40. The third-order valence-electron chi connectivity index (χ3n) is 4.92. The summed E-state index contributed by atoms with van der Waals surface area (Å²) < 4.78 is 1.80. The molecule has 3 atom stereocenters. The van der Waals surface area contributed by atoms with E-state index in [1.165, 1.54) is 16.7 Å². The van der Waals surface area contributed by atoms with Gasteiger partial charge in [-0.05, 0) is 38.3 Å². The van der Waals surface area contributed by atoms with E-state index in [-0.39, 0.29) is 23.8 Å². The smallest absolute Gasteiger partial charge is 0.225 e. The second-order valence-corrected chi connectivity index (χ2v) is 7.43. The van der Waals surface area contributed by atoms with Crippen molar-refractivity contribution in [1.29, 1.82) is 0 Å². The molecule has 1 aromatic heterocycles. The van der Waals surface area contributed by atoms with Crippen molar-refractivity contribution in [1.82, 2.24) is 20.4 Å². The monoisotopic (exact) mass is 340 g/mol. The van der Waals surface area contributed by atoms with Gasteiger partial charge in [0.1, 0.15) is 0 Å². The molecule has 2 heterocycles. The standard InChI is InChI=1S/C20H28N4O/c1-13-5-14(2)7-16(6-13)8-15(3)23-20(25)19-11-21-10-18(19)17-9-22-24(4)12-17/h5-7,9,12,15,18-19,21H,8,10-11H2,1-4H3,(H,23,25)/t15?,18-,19+/m1/s1. The van der Waals surface area contributed by atoms with E-state index in [0.29, 0.717) is 0 Å². The summed E-state index contributed by atoms with van der Waals surface area (Å²) in [5.74, 6) is 0.295. The quantitative estimate of drug-likeness (QED) is 0.876. The van der Waals surface area contributed by atoms with Gasteiger partial charge in [-0.25, -0.2) is 0 Å². The van der Waals surface area contributed by atoms with Gasteiger partial charge in [-0.1, -0.05) is 29.3 Å². The van der Waals surface area contributed by atoms with Gasteiger partial charge in [0, 0.05) is 38.3 Å². The van der Waals surface area contributed by atoms with Crippen molar-refractivity contribution >= 4 is 5.91 Å². The van der Waals surface area contributed by atoms with Crippen molar-refractivity contribution in [2.24, 2.45) is 13.0 Å². The molecule has 2 aromatic rings. The molecule has 0 saturated carbocycles. The highest BCUT2D eigenvalue weighted by atomic mass is 16.2. The van der Waals surface area contributed by atoms with Crippen LogP contribution in [-0.2, 0) is 18.3 Å². The number of aromatic nitrogens is 2. The molecule has 5 nitrogen and oxygen atoms in total. The van der Waals surface area contributed by atoms with Gasteiger partial charge in [0.05, 0.1) is 12.1 Å². The fourth-order valence-corrected chi connectivity index (χ4v) is 3.88. The Balaban J connectivity index is 1.62. The maximum atomic E-state index is 12.8. The first kappa shape index (κ1) is 17.7. The fourth-order valence-electron chi connectivity index (χ4n) is 3.88.